The molecule has 0 fully saturated rings. The first-order chi connectivity index (χ1) is 11.3. The van der Waals surface area contributed by atoms with Crippen LogP contribution in [0, 0.1) is 0 Å². The van der Waals surface area contributed by atoms with Gasteiger partial charge in [0.15, 0.2) is 5.82 Å². The topological polar surface area (TPSA) is 57.7 Å². The number of nitrogens with zero attached hydrogens (tertiary/aromatic N) is 4. The Morgan fingerprint density at radius 2 is 1.70 bits per heavy atom. The van der Waals surface area contributed by atoms with Gasteiger partial charge < -0.3 is 9.88 Å². The van der Waals surface area contributed by atoms with E-state index in [-0.39, 0.29) is 0 Å². The largest absolute Gasteiger partial charge is 0.338 e. The van der Waals surface area contributed by atoms with Gasteiger partial charge in [-0.2, -0.15) is 0 Å². The number of rotatable bonds is 3. The molecule has 0 aliphatic carbocycles. The summed E-state index contributed by atoms with van der Waals surface area (Å²) in [6.07, 6.45) is 5.32. The van der Waals surface area contributed by atoms with Gasteiger partial charge in [0.2, 0.25) is 0 Å². The summed E-state index contributed by atoms with van der Waals surface area (Å²) in [5.74, 6) is 1.64. The van der Waals surface area contributed by atoms with E-state index in [1.54, 1.807) is 18.6 Å². The molecule has 0 amide bonds. The van der Waals surface area contributed by atoms with Gasteiger partial charge in [0.25, 0.3) is 0 Å². The number of para-hydroxylation sites is 1. The van der Waals surface area contributed by atoms with Crippen molar-refractivity contribution in [1.29, 1.82) is 0 Å². The van der Waals surface area contributed by atoms with E-state index in [1.165, 1.54) is 0 Å². The molecule has 0 spiro atoms. The van der Waals surface area contributed by atoms with Crippen molar-refractivity contribution in [2.75, 3.05) is 11.9 Å². The van der Waals surface area contributed by atoms with E-state index in [0.29, 0.717) is 0 Å². The van der Waals surface area contributed by atoms with Crippen LogP contribution in [0.1, 0.15) is 0 Å². The van der Waals surface area contributed by atoms with Gasteiger partial charge in [0, 0.05) is 36.9 Å². The molecule has 5 heteroatoms. The molecule has 0 bridgehead atoms. The Hall–Kier alpha value is -3.21. The molecule has 0 unspecified atom stereocenters. The van der Waals surface area contributed by atoms with E-state index in [2.05, 4.69) is 27.1 Å². The van der Waals surface area contributed by atoms with Crippen molar-refractivity contribution in [3.05, 3.63) is 67.1 Å². The second kappa shape index (κ2) is 5.53. The Morgan fingerprint density at radius 1 is 0.913 bits per heavy atom. The molecule has 0 aliphatic rings. The van der Waals surface area contributed by atoms with Gasteiger partial charge in [-0.15, -0.1) is 0 Å². The Labute approximate surface area is 133 Å². The number of pyridine rings is 2. The van der Waals surface area contributed by atoms with Crippen molar-refractivity contribution in [2.24, 2.45) is 0 Å². The molecular formula is C18H15N5. The number of hydrogen-bond acceptors (Lipinski definition) is 4. The molecule has 4 aromatic rings. The summed E-state index contributed by atoms with van der Waals surface area (Å²) in [5.41, 5.74) is 3.89. The second-order valence-electron chi connectivity index (χ2n) is 5.25. The number of anilines is 2. The summed E-state index contributed by atoms with van der Waals surface area (Å²) in [4.78, 5) is 18.7. The number of imidazole rings is 1. The van der Waals surface area contributed by atoms with E-state index in [0.717, 1.165) is 33.9 Å². The van der Waals surface area contributed by atoms with Crippen molar-refractivity contribution in [1.82, 2.24) is 19.9 Å². The number of hydrogen-bond donors (Lipinski definition) is 1. The maximum atomic E-state index is 4.74. The molecule has 1 aromatic carbocycles. The predicted octanol–water partition coefficient (Wildman–Crippen LogP) is 3.79. The first kappa shape index (κ1) is 13.5. The van der Waals surface area contributed by atoms with Crippen LogP contribution in [-0.2, 0) is 0 Å². The monoisotopic (exact) mass is 301 g/mol. The minimum absolute atomic E-state index is 0.818. The highest BCUT2D eigenvalue weighted by atomic mass is 15.2. The van der Waals surface area contributed by atoms with Crippen molar-refractivity contribution in [2.45, 2.75) is 0 Å². The Balaban J connectivity index is 1.84. The van der Waals surface area contributed by atoms with Crippen LogP contribution in [0.25, 0.3) is 22.4 Å². The minimum Gasteiger partial charge on any atom is -0.338 e. The Bertz CT molecular complexity index is 931. The normalized spacial score (nSPS) is 10.8. The molecular weight excluding hydrogens is 286 g/mol. The number of nitrogens with one attached hydrogen (secondary N) is 1. The molecule has 3 heterocycles. The molecule has 5 nitrogen and oxygen atoms in total. The van der Waals surface area contributed by atoms with Crippen LogP contribution >= 0.6 is 0 Å². The first-order valence-electron chi connectivity index (χ1n) is 7.37. The van der Waals surface area contributed by atoms with E-state index in [9.17, 15) is 0 Å². The highest BCUT2D eigenvalue weighted by Crippen LogP contribution is 2.29. The molecule has 3 aromatic heterocycles. The van der Waals surface area contributed by atoms with Crippen molar-refractivity contribution >= 4 is 22.5 Å². The summed E-state index contributed by atoms with van der Waals surface area (Å²) in [5, 5.41) is 0. The lowest BCUT2D eigenvalue weighted by Crippen LogP contribution is -2.11. The second-order valence-corrected chi connectivity index (χ2v) is 5.25. The lowest BCUT2D eigenvalue weighted by molar-refractivity contribution is 1.14. The van der Waals surface area contributed by atoms with Crippen LogP contribution in [0.15, 0.2) is 67.1 Å². The van der Waals surface area contributed by atoms with Crippen LogP contribution in [0.2, 0.25) is 0 Å². The van der Waals surface area contributed by atoms with Gasteiger partial charge in [-0.3, -0.25) is 4.98 Å². The van der Waals surface area contributed by atoms with E-state index in [4.69, 9.17) is 4.98 Å². The SMILES string of the molecule is CN(c1ccccc1)c1nccc2[nH]c(-c3ccncc3)nc12. The first-order valence-corrected chi connectivity index (χ1v) is 7.37. The standard InChI is InChI=1S/C18H15N5/c1-23(14-5-3-2-4-6-14)18-16-15(9-12-20-18)21-17(22-16)13-7-10-19-11-8-13/h2-12H,1H3,(H,21,22). The average molecular weight is 301 g/mol. The van der Waals surface area contributed by atoms with E-state index < -0.39 is 0 Å². The highest BCUT2D eigenvalue weighted by molar-refractivity contribution is 5.90. The zero-order chi connectivity index (χ0) is 15.6. The summed E-state index contributed by atoms with van der Waals surface area (Å²) in [7, 11) is 2.00. The smallest absolute Gasteiger partial charge is 0.161 e. The average Bonchev–Trinajstić information content (AvgIpc) is 3.07. The van der Waals surface area contributed by atoms with Crippen molar-refractivity contribution in [3.63, 3.8) is 0 Å². The van der Waals surface area contributed by atoms with Gasteiger partial charge in [0.1, 0.15) is 11.3 Å². The minimum atomic E-state index is 0.818. The van der Waals surface area contributed by atoms with Gasteiger partial charge >= 0.3 is 0 Å². The lowest BCUT2D eigenvalue weighted by Gasteiger charge is -2.18. The summed E-state index contributed by atoms with van der Waals surface area (Å²) < 4.78 is 0. The fourth-order valence-corrected chi connectivity index (χ4v) is 2.59. The maximum absolute atomic E-state index is 4.74. The molecule has 23 heavy (non-hydrogen) atoms. The van der Waals surface area contributed by atoms with Crippen molar-refractivity contribution in [3.8, 4) is 11.4 Å². The molecule has 4 rings (SSSR count). The number of fused-ring (bicyclic) bond motifs is 1. The van der Waals surface area contributed by atoms with Gasteiger partial charge in [-0.25, -0.2) is 9.97 Å². The highest BCUT2D eigenvalue weighted by Gasteiger charge is 2.14. The zero-order valence-corrected chi connectivity index (χ0v) is 12.6. The fourth-order valence-electron chi connectivity index (χ4n) is 2.59. The van der Waals surface area contributed by atoms with Crippen molar-refractivity contribution < 1.29 is 0 Å². The van der Waals surface area contributed by atoms with Crippen LogP contribution in [0.4, 0.5) is 11.5 Å². The third-order valence-corrected chi connectivity index (χ3v) is 3.80. The van der Waals surface area contributed by atoms with Crippen LogP contribution in [0.5, 0.6) is 0 Å². The zero-order valence-electron chi connectivity index (χ0n) is 12.6. The van der Waals surface area contributed by atoms with Gasteiger partial charge in [-0.05, 0) is 30.3 Å². The van der Waals surface area contributed by atoms with Crippen LogP contribution in [-0.4, -0.2) is 27.0 Å². The van der Waals surface area contributed by atoms with Crippen LogP contribution in [0.3, 0.4) is 0 Å². The third-order valence-electron chi connectivity index (χ3n) is 3.80. The molecule has 0 radical (unpaired) electrons. The Kier molecular flexibility index (Phi) is 3.24. The fraction of sp³-hybridized carbons (Fsp3) is 0.0556. The molecule has 0 atom stereocenters. The summed E-state index contributed by atoms with van der Waals surface area (Å²) in [6.45, 7) is 0. The molecule has 1 N–H and O–H groups in total. The Morgan fingerprint density at radius 3 is 2.48 bits per heavy atom. The van der Waals surface area contributed by atoms with Gasteiger partial charge in [0.05, 0.1) is 5.52 Å². The van der Waals surface area contributed by atoms with E-state index in [1.807, 2.05) is 48.3 Å². The lowest BCUT2D eigenvalue weighted by atomic mass is 10.2. The van der Waals surface area contributed by atoms with Crippen LogP contribution < -0.4 is 4.90 Å². The number of aromatic amines is 1. The molecule has 0 aliphatic heterocycles. The summed E-state index contributed by atoms with van der Waals surface area (Å²) in [6, 6.07) is 15.9. The quantitative estimate of drug-likeness (QED) is 0.625. The van der Waals surface area contributed by atoms with Gasteiger partial charge in [-0.1, -0.05) is 18.2 Å². The summed E-state index contributed by atoms with van der Waals surface area (Å²) >= 11 is 0. The molecule has 0 saturated heterocycles. The third kappa shape index (κ3) is 2.42. The maximum Gasteiger partial charge on any atom is 0.161 e. The number of H-pyrrole nitrogens is 1. The molecule has 0 saturated carbocycles. The predicted molar refractivity (Wildman–Crippen MR) is 91.6 cm³/mol. The number of aromatic nitrogens is 4. The number of benzene rings is 1. The molecule has 112 valence electrons. The van der Waals surface area contributed by atoms with E-state index >= 15 is 0 Å².